The lowest BCUT2D eigenvalue weighted by Gasteiger charge is -2.31. The van der Waals surface area contributed by atoms with Crippen LogP contribution in [0.4, 0.5) is 10.1 Å². The molecule has 2 unspecified atom stereocenters. The summed E-state index contributed by atoms with van der Waals surface area (Å²) in [7, 11) is 5.68. The molecule has 0 aliphatic carbocycles. The molecule has 180 valence electrons. The van der Waals surface area contributed by atoms with E-state index in [0.29, 0.717) is 11.8 Å². The zero-order chi connectivity index (χ0) is 23.7. The summed E-state index contributed by atoms with van der Waals surface area (Å²) in [6, 6.07) is 14.1. The van der Waals surface area contributed by atoms with Gasteiger partial charge in [-0.1, -0.05) is 12.1 Å². The summed E-state index contributed by atoms with van der Waals surface area (Å²) in [5, 5.41) is 4.04. The Labute approximate surface area is 205 Å². The van der Waals surface area contributed by atoms with E-state index in [1.807, 2.05) is 18.8 Å². The second-order valence-corrected chi connectivity index (χ2v) is 10.7. The molecule has 3 aromatic rings. The summed E-state index contributed by atoms with van der Waals surface area (Å²) in [4.78, 5) is 11.1. The van der Waals surface area contributed by atoms with E-state index in [1.165, 1.54) is 18.4 Å². The molecule has 0 saturated carbocycles. The molecule has 2 aliphatic rings. The van der Waals surface area contributed by atoms with Gasteiger partial charge in [0, 0.05) is 59.5 Å². The van der Waals surface area contributed by atoms with Crippen molar-refractivity contribution in [3.8, 4) is 17.0 Å². The Morgan fingerprint density at radius 3 is 2.68 bits per heavy atom. The zero-order valence-electron chi connectivity index (χ0n) is 20.2. The number of thioether (sulfide) groups is 1. The first-order valence-corrected chi connectivity index (χ1v) is 13.0. The van der Waals surface area contributed by atoms with Crippen molar-refractivity contribution in [3.63, 3.8) is 0 Å². The van der Waals surface area contributed by atoms with Gasteiger partial charge < -0.3 is 19.9 Å². The first-order chi connectivity index (χ1) is 16.6. The highest BCUT2D eigenvalue weighted by Gasteiger charge is 2.36. The van der Waals surface area contributed by atoms with E-state index in [1.54, 1.807) is 12.1 Å². The van der Waals surface area contributed by atoms with E-state index in [-0.39, 0.29) is 11.6 Å². The second kappa shape index (κ2) is 10.1. The van der Waals surface area contributed by atoms with Crippen molar-refractivity contribution in [2.24, 2.45) is 11.8 Å². The van der Waals surface area contributed by atoms with Crippen LogP contribution in [-0.4, -0.2) is 69.6 Å². The summed E-state index contributed by atoms with van der Waals surface area (Å²) in [5.41, 5.74) is 3.83. The fraction of sp³-hybridized carbons (Fsp3) is 0.444. The average Bonchev–Trinajstić information content (AvgIpc) is 3.26. The molecule has 2 fully saturated rings. The minimum atomic E-state index is -0.343. The van der Waals surface area contributed by atoms with Gasteiger partial charge in [0.25, 0.3) is 0 Å². The van der Waals surface area contributed by atoms with Gasteiger partial charge in [0.15, 0.2) is 11.6 Å². The van der Waals surface area contributed by atoms with E-state index in [2.05, 4.69) is 52.5 Å². The number of anilines is 1. The van der Waals surface area contributed by atoms with Gasteiger partial charge in [-0.15, -0.1) is 11.8 Å². The van der Waals surface area contributed by atoms with Gasteiger partial charge in [0.05, 0.1) is 18.3 Å². The van der Waals surface area contributed by atoms with Crippen molar-refractivity contribution < 1.29 is 9.13 Å². The van der Waals surface area contributed by atoms with Crippen molar-refractivity contribution in [2.45, 2.75) is 11.3 Å². The zero-order valence-corrected chi connectivity index (χ0v) is 21.0. The Bertz CT molecular complexity index is 1160. The maximum Gasteiger partial charge on any atom is 0.165 e. The molecule has 0 bridgehead atoms. The molecular weight excluding hydrogens is 447 g/mol. The van der Waals surface area contributed by atoms with Crippen LogP contribution >= 0.6 is 11.8 Å². The van der Waals surface area contributed by atoms with Gasteiger partial charge in [-0.25, -0.2) is 9.37 Å². The monoisotopic (exact) mass is 480 g/mol. The van der Waals surface area contributed by atoms with Crippen LogP contribution in [0, 0.1) is 17.7 Å². The third-order valence-corrected chi connectivity index (χ3v) is 8.19. The number of nitrogens with one attached hydrogen (secondary N) is 1. The minimum absolute atomic E-state index is 0.232. The number of fused-ring (bicyclic) bond motifs is 2. The van der Waals surface area contributed by atoms with Crippen LogP contribution in [0.5, 0.6) is 5.75 Å². The highest BCUT2D eigenvalue weighted by molar-refractivity contribution is 7.99. The molecule has 5 nitrogen and oxygen atoms in total. The average molecular weight is 481 g/mol. The van der Waals surface area contributed by atoms with Crippen LogP contribution < -0.4 is 15.0 Å². The molecule has 2 atom stereocenters. The Hall–Kier alpha value is -2.35. The fourth-order valence-electron chi connectivity index (χ4n) is 5.32. The molecule has 2 aliphatic heterocycles. The maximum atomic E-state index is 14.7. The first kappa shape index (κ1) is 23.4. The normalized spacial score (nSPS) is 20.6. The number of ether oxygens (including phenoxy) is 1. The number of halogens is 1. The number of pyridine rings is 1. The molecule has 0 radical (unpaired) electrons. The van der Waals surface area contributed by atoms with Gasteiger partial charge >= 0.3 is 0 Å². The summed E-state index contributed by atoms with van der Waals surface area (Å²) < 4.78 is 20.0. The third kappa shape index (κ3) is 4.74. The lowest BCUT2D eigenvalue weighted by atomic mass is 9.89. The van der Waals surface area contributed by atoms with Gasteiger partial charge in [0.1, 0.15) is 0 Å². The standard InChI is InChI=1S/C27H33FN4OS/c1-29-9-11-34-21-6-4-18(5-7-21)24-13-26(22-12-23(28)27(33-3)14-25(22)30-24)32-16-19-8-10-31(2)15-20(19)17-32/h4-7,12-14,19-20,29H,8-11,15-17H2,1-3H3. The van der Waals surface area contributed by atoms with Crippen molar-refractivity contribution in [1.82, 2.24) is 15.2 Å². The number of methoxy groups -OCH3 is 1. The predicted octanol–water partition coefficient (Wildman–Crippen LogP) is 4.75. The molecule has 3 heterocycles. The number of piperidine rings is 1. The molecule has 0 amide bonds. The van der Waals surface area contributed by atoms with Gasteiger partial charge in [-0.2, -0.15) is 0 Å². The van der Waals surface area contributed by atoms with Gasteiger partial charge in [0.2, 0.25) is 0 Å². The summed E-state index contributed by atoms with van der Waals surface area (Å²) >= 11 is 1.84. The Morgan fingerprint density at radius 2 is 1.91 bits per heavy atom. The van der Waals surface area contributed by atoms with Crippen molar-refractivity contribution in [3.05, 3.63) is 48.3 Å². The van der Waals surface area contributed by atoms with Crippen molar-refractivity contribution in [2.75, 3.05) is 64.6 Å². The molecule has 7 heteroatoms. The van der Waals surface area contributed by atoms with E-state index in [0.717, 1.165) is 66.3 Å². The number of rotatable bonds is 7. The van der Waals surface area contributed by atoms with Crippen LogP contribution in [0.3, 0.4) is 0 Å². The second-order valence-electron chi connectivity index (χ2n) is 9.48. The quantitative estimate of drug-likeness (QED) is 0.389. The Kier molecular flexibility index (Phi) is 6.95. The molecule has 5 rings (SSSR count). The van der Waals surface area contributed by atoms with Gasteiger partial charge in [-0.3, -0.25) is 0 Å². The maximum absolute atomic E-state index is 14.7. The first-order valence-electron chi connectivity index (χ1n) is 12.1. The fourth-order valence-corrected chi connectivity index (χ4v) is 6.19. The highest BCUT2D eigenvalue weighted by atomic mass is 32.2. The van der Waals surface area contributed by atoms with Crippen LogP contribution in [0.1, 0.15) is 6.42 Å². The van der Waals surface area contributed by atoms with Gasteiger partial charge in [-0.05, 0) is 63.2 Å². The lowest BCUT2D eigenvalue weighted by molar-refractivity contribution is 0.178. The van der Waals surface area contributed by atoms with Crippen LogP contribution in [0.15, 0.2) is 47.4 Å². The molecular formula is C27H33FN4OS. The van der Waals surface area contributed by atoms with E-state index in [4.69, 9.17) is 9.72 Å². The summed E-state index contributed by atoms with van der Waals surface area (Å²) in [6.45, 7) is 5.29. The molecule has 2 saturated heterocycles. The highest BCUT2D eigenvalue weighted by Crippen LogP contribution is 2.39. The lowest BCUT2D eigenvalue weighted by Crippen LogP contribution is -2.37. The topological polar surface area (TPSA) is 40.6 Å². The minimum Gasteiger partial charge on any atom is -0.494 e. The van der Waals surface area contributed by atoms with E-state index in [9.17, 15) is 4.39 Å². The SMILES string of the molecule is CNCCSc1ccc(-c2cc(N3CC4CCN(C)CC4C3)c3cc(F)c(OC)cc3n2)cc1. The Balaban J connectivity index is 1.52. The van der Waals surface area contributed by atoms with Crippen LogP contribution in [0.2, 0.25) is 0 Å². The molecule has 1 N–H and O–H groups in total. The number of aromatic nitrogens is 1. The molecule has 1 aromatic heterocycles. The summed E-state index contributed by atoms with van der Waals surface area (Å²) in [6.07, 6.45) is 1.22. The van der Waals surface area contributed by atoms with Crippen LogP contribution in [0.25, 0.3) is 22.2 Å². The number of hydrogen-bond donors (Lipinski definition) is 1. The molecule has 0 spiro atoms. The molecule has 2 aromatic carbocycles. The molecule has 34 heavy (non-hydrogen) atoms. The predicted molar refractivity (Wildman–Crippen MR) is 140 cm³/mol. The number of benzene rings is 2. The third-order valence-electron chi connectivity index (χ3n) is 7.18. The van der Waals surface area contributed by atoms with Crippen molar-refractivity contribution in [1.29, 1.82) is 0 Å². The smallest absolute Gasteiger partial charge is 0.165 e. The van der Waals surface area contributed by atoms with E-state index < -0.39 is 0 Å². The van der Waals surface area contributed by atoms with Crippen molar-refractivity contribution >= 4 is 28.4 Å². The number of nitrogens with zero attached hydrogens (tertiary/aromatic N) is 3. The Morgan fingerprint density at radius 1 is 1.12 bits per heavy atom. The van der Waals surface area contributed by atoms with Crippen LogP contribution in [-0.2, 0) is 0 Å². The largest absolute Gasteiger partial charge is 0.494 e. The van der Waals surface area contributed by atoms with E-state index >= 15 is 0 Å². The number of likely N-dealkylation sites (tertiary alicyclic amines) is 1. The summed E-state index contributed by atoms with van der Waals surface area (Å²) in [5.74, 6) is 2.27. The number of hydrogen-bond acceptors (Lipinski definition) is 6.